The van der Waals surface area contributed by atoms with Gasteiger partial charge in [0.15, 0.2) is 5.56 Å². The fourth-order valence-corrected chi connectivity index (χ4v) is 4.64. The van der Waals surface area contributed by atoms with Crippen LogP contribution in [0.4, 0.5) is 5.69 Å². The van der Waals surface area contributed by atoms with Gasteiger partial charge in [0.05, 0.1) is 17.7 Å². The maximum absolute atomic E-state index is 9.33. The zero-order chi connectivity index (χ0) is 31.0. The van der Waals surface area contributed by atoms with Crippen molar-refractivity contribution in [3.05, 3.63) is 157 Å². The normalized spacial score (nSPS) is 12.4. The van der Waals surface area contributed by atoms with Crippen LogP contribution in [0.15, 0.2) is 133 Å². The number of allylic oxidation sites excluding steroid dienone is 2. The molecule has 2 unspecified atom stereocenters. The summed E-state index contributed by atoms with van der Waals surface area (Å²) in [5.74, 6) is 0. The fraction of sp³-hybridized carbons (Fsp3) is 0.200. The van der Waals surface area contributed by atoms with Crippen molar-refractivity contribution in [1.29, 1.82) is 0 Å². The average molecular weight is 772 g/mol. The first-order chi connectivity index (χ1) is 21.5. The van der Waals surface area contributed by atoms with Crippen LogP contribution in [0.3, 0.4) is 0 Å². The molecule has 1 radical (unpaired) electrons. The number of nitrogens with zero attached hydrogens (tertiary/aromatic N) is 2. The van der Waals surface area contributed by atoms with Crippen molar-refractivity contribution in [3.63, 3.8) is 0 Å². The second-order valence-corrected chi connectivity index (χ2v) is 10.6. The Balaban J connectivity index is 0.000000185. The molecule has 4 nitrogen and oxygen atoms in total. The summed E-state index contributed by atoms with van der Waals surface area (Å²) >= 11 is 0. The third-order valence-corrected chi connectivity index (χ3v) is 6.89. The maximum atomic E-state index is 9.33. The van der Waals surface area contributed by atoms with E-state index in [9.17, 15) is 5.11 Å². The Kier molecular flexibility index (Phi) is 15.2. The average Bonchev–Trinajstić information content (AvgIpc) is 3.07. The van der Waals surface area contributed by atoms with Crippen molar-refractivity contribution >= 4 is 22.3 Å². The van der Waals surface area contributed by atoms with Gasteiger partial charge in [0.2, 0.25) is 0 Å². The van der Waals surface area contributed by atoms with E-state index in [0.717, 1.165) is 65.0 Å². The van der Waals surface area contributed by atoms with E-state index in [1.54, 1.807) is 6.92 Å². The van der Waals surface area contributed by atoms with Gasteiger partial charge in [-0.1, -0.05) is 42.8 Å². The first-order valence-corrected chi connectivity index (χ1v) is 15.1. The molecule has 2 heterocycles. The summed E-state index contributed by atoms with van der Waals surface area (Å²) in [6.45, 7) is 5.32. The van der Waals surface area contributed by atoms with Crippen molar-refractivity contribution in [2.24, 2.45) is 4.99 Å². The van der Waals surface area contributed by atoms with Crippen molar-refractivity contribution in [2.45, 2.75) is 51.2 Å². The topological polar surface area (TPSA) is 65.7 Å². The number of rotatable bonds is 9. The molecular weight excluding hydrogens is 733 g/mol. The number of hydrogen-bond donors (Lipinski definition) is 2. The number of aliphatic hydroxyl groups is 2. The number of hydrogen-bond acceptors (Lipinski definition) is 4. The summed E-state index contributed by atoms with van der Waals surface area (Å²) in [5, 5.41) is 19.5. The predicted molar refractivity (Wildman–Crippen MR) is 182 cm³/mol. The van der Waals surface area contributed by atoms with E-state index in [-0.39, 0.29) is 32.3 Å². The fourth-order valence-electron chi connectivity index (χ4n) is 4.64. The minimum atomic E-state index is -0.389. The van der Waals surface area contributed by atoms with Crippen LogP contribution in [0.25, 0.3) is 22.2 Å². The predicted octanol–water partition coefficient (Wildman–Crippen LogP) is 8.89. The molecule has 1 aromatic heterocycles. The van der Waals surface area contributed by atoms with Crippen LogP contribution in [0.5, 0.6) is 0 Å². The number of pyridine rings is 1. The van der Waals surface area contributed by atoms with Crippen LogP contribution in [0.1, 0.15) is 50.2 Å². The molecule has 0 saturated carbocycles. The van der Waals surface area contributed by atoms with E-state index in [1.165, 1.54) is 5.39 Å². The summed E-state index contributed by atoms with van der Waals surface area (Å²) in [6.07, 6.45) is 10.7. The van der Waals surface area contributed by atoms with Crippen LogP contribution >= 0.6 is 0 Å². The Morgan fingerprint density at radius 2 is 1.51 bits per heavy atom. The van der Waals surface area contributed by atoms with Crippen molar-refractivity contribution in [3.8, 4) is 11.3 Å². The van der Waals surface area contributed by atoms with Crippen molar-refractivity contribution in [1.82, 2.24) is 4.98 Å². The van der Waals surface area contributed by atoms with E-state index in [2.05, 4.69) is 46.9 Å². The zero-order valence-electron chi connectivity index (χ0n) is 25.6. The van der Waals surface area contributed by atoms with Gasteiger partial charge >= 0.3 is 0 Å². The molecule has 0 spiro atoms. The number of benzene rings is 4. The Bertz CT molecular complexity index is 1650. The molecule has 0 saturated heterocycles. The Hall–Kier alpha value is -4.08. The van der Waals surface area contributed by atoms with Gasteiger partial charge in [0, 0.05) is 50.1 Å². The van der Waals surface area contributed by atoms with E-state index < -0.39 is 0 Å². The number of aliphatic hydroxyl groups excluding tert-OH is 2. The van der Waals surface area contributed by atoms with Crippen molar-refractivity contribution in [2.75, 3.05) is 0 Å². The number of fused-ring (bicyclic) bond motifs is 2. The van der Waals surface area contributed by atoms with Gasteiger partial charge in [0.25, 0.3) is 0 Å². The van der Waals surface area contributed by atoms with Crippen LogP contribution in [0.2, 0.25) is 0 Å². The Morgan fingerprint density at radius 3 is 2.22 bits per heavy atom. The number of aliphatic imine (C=N–C) groups is 1. The minimum Gasteiger partial charge on any atom is -0.393 e. The largest absolute Gasteiger partial charge is 0.393 e. The summed E-state index contributed by atoms with van der Waals surface area (Å²) in [5.41, 5.74) is 6.97. The maximum Gasteiger partial charge on any atom is 0.170 e. The third-order valence-electron chi connectivity index (χ3n) is 6.89. The monoisotopic (exact) mass is 772 g/mol. The van der Waals surface area contributed by atoms with E-state index in [0.29, 0.717) is 6.42 Å². The van der Waals surface area contributed by atoms with Gasteiger partial charge in [-0.3, -0.25) is 4.98 Å². The zero-order valence-corrected chi connectivity index (χ0v) is 28.0. The second-order valence-electron chi connectivity index (χ2n) is 10.6. The standard InChI is InChI=1S/C15H10N.C15H9N.C10H20O2.Ir/c2*1-2-6-12(7-3-1)15-11-10-13-8-4-5-9-14(13)16-15;1-3-4-5-6-7-10(12)8-9(2)11;/h1-6,8-11H;1-6,8-9,11H;3,9-12H,1,4-8H2,2H3;/q-1;;;. The van der Waals surface area contributed by atoms with Crippen LogP contribution in [0, 0.1) is 18.2 Å². The molecule has 2 atom stereocenters. The molecule has 4 aromatic carbocycles. The summed E-state index contributed by atoms with van der Waals surface area (Å²) in [4.78, 5) is 9.20. The number of unbranched alkanes of at least 4 members (excludes halogenated alkanes) is 2. The molecule has 0 aliphatic carbocycles. The number of para-hydroxylation sites is 2. The number of aromatic nitrogens is 1. The molecule has 5 aromatic rings. The van der Waals surface area contributed by atoms with E-state index in [1.807, 2.05) is 109 Å². The second kappa shape index (κ2) is 19.3. The molecule has 5 heteroatoms. The molecule has 2 N–H and O–H groups in total. The summed E-state index contributed by atoms with van der Waals surface area (Å²) in [6, 6.07) is 42.4. The molecule has 1 aliphatic heterocycles. The first kappa shape index (κ1) is 35.4. The smallest absolute Gasteiger partial charge is 0.170 e. The molecule has 0 amide bonds. The molecule has 231 valence electrons. The van der Waals surface area contributed by atoms with Gasteiger partial charge in [-0.15, -0.1) is 78.4 Å². The van der Waals surface area contributed by atoms with Crippen LogP contribution in [-0.2, 0) is 20.1 Å². The van der Waals surface area contributed by atoms with Gasteiger partial charge < -0.3 is 10.2 Å². The van der Waals surface area contributed by atoms with Gasteiger partial charge in [0.1, 0.15) is 5.69 Å². The van der Waals surface area contributed by atoms with Crippen LogP contribution in [-0.4, -0.2) is 33.1 Å². The molecule has 6 rings (SSSR count). The SMILES string of the molecule is C=CCCCCC(O)CC(C)O.[C+]1=CC(c2[c-]cccc2)=Nc2ccccc21.[Ir].[c-]1ccccc1-c1ccc2ccccc2n1. The quantitative estimate of drug-likeness (QED) is 0.0895. The molecule has 0 bridgehead atoms. The first-order valence-electron chi connectivity index (χ1n) is 15.1. The molecule has 0 fully saturated rings. The van der Waals surface area contributed by atoms with Gasteiger partial charge in [-0.2, -0.15) is 0 Å². The molecule has 45 heavy (non-hydrogen) atoms. The summed E-state index contributed by atoms with van der Waals surface area (Å²) < 4.78 is 0. The van der Waals surface area contributed by atoms with Crippen molar-refractivity contribution < 1.29 is 30.3 Å². The Morgan fingerprint density at radius 1 is 0.822 bits per heavy atom. The van der Waals surface area contributed by atoms with E-state index in [4.69, 9.17) is 5.11 Å². The van der Waals surface area contributed by atoms with Gasteiger partial charge in [-0.25, -0.2) is 4.99 Å². The summed E-state index contributed by atoms with van der Waals surface area (Å²) in [7, 11) is 0. The Labute approximate surface area is 281 Å². The minimum absolute atomic E-state index is 0. The molecular formula is C40H39IrN2O2-. The third kappa shape index (κ3) is 11.7. The van der Waals surface area contributed by atoms with E-state index >= 15 is 0 Å². The van der Waals surface area contributed by atoms with Gasteiger partial charge in [-0.05, 0) is 61.9 Å². The molecule has 1 aliphatic rings. The van der Waals surface area contributed by atoms with Crippen LogP contribution < -0.4 is 0 Å².